The van der Waals surface area contributed by atoms with Gasteiger partial charge in [-0.25, -0.2) is 0 Å². The van der Waals surface area contributed by atoms with Crippen LogP contribution in [0.2, 0.25) is 5.02 Å². The highest BCUT2D eigenvalue weighted by atomic mass is 35.5. The highest BCUT2D eigenvalue weighted by Crippen LogP contribution is 2.20. The van der Waals surface area contributed by atoms with Crippen LogP contribution in [0, 0.1) is 11.3 Å². The first-order valence-electron chi connectivity index (χ1n) is 6.38. The number of hydrogen-bond acceptors (Lipinski definition) is 3. The molecular weight excluding hydrogens is 272 g/mol. The molecule has 0 aliphatic heterocycles. The lowest BCUT2D eigenvalue weighted by Gasteiger charge is -2.09. The van der Waals surface area contributed by atoms with Crippen molar-refractivity contribution in [2.45, 2.75) is 13.5 Å². The van der Waals surface area contributed by atoms with E-state index in [9.17, 15) is 0 Å². The van der Waals surface area contributed by atoms with E-state index in [0.29, 0.717) is 23.7 Å². The molecule has 20 heavy (non-hydrogen) atoms. The van der Waals surface area contributed by atoms with Crippen LogP contribution in [0.3, 0.4) is 0 Å². The second-order valence-electron chi connectivity index (χ2n) is 4.24. The summed E-state index contributed by atoms with van der Waals surface area (Å²) in [5, 5.41) is 12.7. The molecule has 0 atom stereocenters. The molecule has 0 bridgehead atoms. The highest BCUT2D eigenvalue weighted by molar-refractivity contribution is 6.31. The summed E-state index contributed by atoms with van der Waals surface area (Å²) in [6.45, 7) is 3.27. The van der Waals surface area contributed by atoms with Crippen molar-refractivity contribution in [1.82, 2.24) is 0 Å². The first-order valence-corrected chi connectivity index (χ1v) is 6.76. The van der Waals surface area contributed by atoms with Gasteiger partial charge in [-0.3, -0.25) is 0 Å². The molecule has 0 radical (unpaired) electrons. The van der Waals surface area contributed by atoms with Crippen LogP contribution in [0.5, 0.6) is 5.75 Å². The van der Waals surface area contributed by atoms with Gasteiger partial charge in [-0.05, 0) is 42.8 Å². The Labute approximate surface area is 123 Å². The summed E-state index contributed by atoms with van der Waals surface area (Å²) in [4.78, 5) is 0. The third-order valence-corrected chi connectivity index (χ3v) is 3.12. The van der Waals surface area contributed by atoms with E-state index in [1.165, 1.54) is 0 Å². The summed E-state index contributed by atoms with van der Waals surface area (Å²) in [6, 6.07) is 15.3. The molecule has 0 heterocycles. The Morgan fingerprint density at radius 3 is 2.85 bits per heavy atom. The Balaban J connectivity index is 2.05. The Morgan fingerprint density at radius 1 is 1.25 bits per heavy atom. The van der Waals surface area contributed by atoms with Crippen molar-refractivity contribution in [3.8, 4) is 11.8 Å². The molecule has 0 aliphatic rings. The minimum Gasteiger partial charge on any atom is -0.494 e. The predicted octanol–water partition coefficient (Wildman–Crippen LogP) is 4.22. The SMILES string of the molecule is CCOc1cccc(CNc2ccc(Cl)c(C#N)c2)c1. The molecule has 102 valence electrons. The van der Waals surface area contributed by atoms with E-state index in [1.807, 2.05) is 37.3 Å². The Hall–Kier alpha value is -2.18. The minimum atomic E-state index is 0.469. The number of anilines is 1. The third kappa shape index (κ3) is 3.66. The Bertz CT molecular complexity index is 635. The molecule has 3 nitrogen and oxygen atoms in total. The number of nitrogens with one attached hydrogen (secondary N) is 1. The quantitative estimate of drug-likeness (QED) is 0.895. The van der Waals surface area contributed by atoms with Crippen LogP contribution in [0.4, 0.5) is 5.69 Å². The summed E-state index contributed by atoms with van der Waals surface area (Å²) in [7, 11) is 0. The fourth-order valence-corrected chi connectivity index (χ4v) is 2.00. The van der Waals surface area contributed by atoms with Crippen LogP contribution in [-0.4, -0.2) is 6.61 Å². The van der Waals surface area contributed by atoms with E-state index in [2.05, 4.69) is 11.4 Å². The molecule has 2 rings (SSSR count). The molecule has 0 saturated heterocycles. The smallest absolute Gasteiger partial charge is 0.119 e. The molecule has 2 aromatic rings. The summed E-state index contributed by atoms with van der Waals surface area (Å²) < 4.78 is 5.46. The summed E-state index contributed by atoms with van der Waals surface area (Å²) in [5.74, 6) is 0.862. The van der Waals surface area contributed by atoms with Gasteiger partial charge in [-0.15, -0.1) is 0 Å². The Kier molecular flexibility index (Phi) is 4.86. The van der Waals surface area contributed by atoms with Gasteiger partial charge in [0.25, 0.3) is 0 Å². The fourth-order valence-electron chi connectivity index (χ4n) is 1.84. The van der Waals surface area contributed by atoms with Gasteiger partial charge in [0.2, 0.25) is 0 Å². The number of rotatable bonds is 5. The van der Waals surface area contributed by atoms with E-state index in [4.69, 9.17) is 21.6 Å². The van der Waals surface area contributed by atoms with E-state index >= 15 is 0 Å². The normalized spacial score (nSPS) is 9.85. The largest absolute Gasteiger partial charge is 0.494 e. The summed E-state index contributed by atoms with van der Waals surface area (Å²) >= 11 is 5.90. The molecule has 0 unspecified atom stereocenters. The minimum absolute atomic E-state index is 0.469. The van der Waals surface area contributed by atoms with Crippen molar-refractivity contribution in [2.24, 2.45) is 0 Å². The lowest BCUT2D eigenvalue weighted by Crippen LogP contribution is -2.00. The van der Waals surface area contributed by atoms with Crippen LogP contribution in [0.1, 0.15) is 18.1 Å². The van der Waals surface area contributed by atoms with Crippen LogP contribution in [-0.2, 0) is 6.54 Å². The number of benzene rings is 2. The molecule has 0 amide bonds. The molecule has 4 heteroatoms. The number of ether oxygens (including phenoxy) is 1. The second-order valence-corrected chi connectivity index (χ2v) is 4.65. The number of hydrogen-bond donors (Lipinski definition) is 1. The monoisotopic (exact) mass is 286 g/mol. The summed E-state index contributed by atoms with van der Waals surface area (Å²) in [6.07, 6.45) is 0. The van der Waals surface area contributed by atoms with Crippen LogP contribution in [0.25, 0.3) is 0 Å². The van der Waals surface area contributed by atoms with Gasteiger partial charge < -0.3 is 10.1 Å². The van der Waals surface area contributed by atoms with Gasteiger partial charge in [-0.1, -0.05) is 23.7 Å². The van der Waals surface area contributed by atoms with Crippen LogP contribution >= 0.6 is 11.6 Å². The zero-order chi connectivity index (χ0) is 14.4. The van der Waals surface area contributed by atoms with Crippen molar-refractivity contribution in [2.75, 3.05) is 11.9 Å². The van der Waals surface area contributed by atoms with Crippen molar-refractivity contribution in [1.29, 1.82) is 5.26 Å². The fraction of sp³-hybridized carbons (Fsp3) is 0.188. The molecule has 2 aromatic carbocycles. The molecule has 1 N–H and O–H groups in total. The standard InChI is InChI=1S/C16H15ClN2O/c1-2-20-15-5-3-4-12(8-15)11-19-14-6-7-16(17)13(9-14)10-18/h3-9,19H,2,11H2,1H3. The highest BCUT2D eigenvalue weighted by Gasteiger charge is 2.02. The maximum Gasteiger partial charge on any atom is 0.119 e. The first kappa shape index (κ1) is 14.2. The number of halogens is 1. The summed E-state index contributed by atoms with van der Waals surface area (Å²) in [5.41, 5.74) is 2.46. The average molecular weight is 287 g/mol. The lowest BCUT2D eigenvalue weighted by molar-refractivity contribution is 0.340. The lowest BCUT2D eigenvalue weighted by atomic mass is 10.2. The van der Waals surface area contributed by atoms with Crippen molar-refractivity contribution in [3.63, 3.8) is 0 Å². The topological polar surface area (TPSA) is 45.0 Å². The van der Waals surface area contributed by atoms with E-state index in [-0.39, 0.29) is 0 Å². The first-order chi connectivity index (χ1) is 9.72. The second kappa shape index (κ2) is 6.83. The van der Waals surface area contributed by atoms with E-state index in [1.54, 1.807) is 12.1 Å². The zero-order valence-electron chi connectivity index (χ0n) is 11.2. The van der Waals surface area contributed by atoms with Gasteiger partial charge >= 0.3 is 0 Å². The predicted molar refractivity (Wildman–Crippen MR) is 81.1 cm³/mol. The van der Waals surface area contributed by atoms with E-state index in [0.717, 1.165) is 17.0 Å². The van der Waals surface area contributed by atoms with Gasteiger partial charge in [0.1, 0.15) is 11.8 Å². The maximum absolute atomic E-state index is 8.94. The van der Waals surface area contributed by atoms with Gasteiger partial charge in [0.05, 0.1) is 17.2 Å². The average Bonchev–Trinajstić information content (AvgIpc) is 2.47. The Morgan fingerprint density at radius 2 is 2.10 bits per heavy atom. The number of nitrogens with zero attached hydrogens (tertiary/aromatic N) is 1. The molecule has 0 saturated carbocycles. The number of nitriles is 1. The molecule has 0 aromatic heterocycles. The van der Waals surface area contributed by atoms with Gasteiger partial charge in [0, 0.05) is 12.2 Å². The van der Waals surface area contributed by atoms with Gasteiger partial charge in [0.15, 0.2) is 0 Å². The van der Waals surface area contributed by atoms with Crippen molar-refractivity contribution >= 4 is 17.3 Å². The molecule has 0 spiro atoms. The zero-order valence-corrected chi connectivity index (χ0v) is 11.9. The van der Waals surface area contributed by atoms with Gasteiger partial charge in [-0.2, -0.15) is 5.26 Å². The van der Waals surface area contributed by atoms with E-state index < -0.39 is 0 Å². The van der Waals surface area contributed by atoms with Crippen molar-refractivity contribution < 1.29 is 4.74 Å². The molecule has 0 aliphatic carbocycles. The molecular formula is C16H15ClN2O. The third-order valence-electron chi connectivity index (χ3n) is 2.79. The molecule has 0 fully saturated rings. The van der Waals surface area contributed by atoms with Crippen LogP contribution in [0.15, 0.2) is 42.5 Å². The van der Waals surface area contributed by atoms with Crippen LogP contribution < -0.4 is 10.1 Å². The maximum atomic E-state index is 8.94. The van der Waals surface area contributed by atoms with Crippen molar-refractivity contribution in [3.05, 3.63) is 58.6 Å².